The van der Waals surface area contributed by atoms with E-state index in [4.69, 9.17) is 4.74 Å². The molecule has 0 bridgehead atoms. The molecule has 2 aliphatic rings. The van der Waals surface area contributed by atoms with E-state index < -0.39 is 0 Å². The van der Waals surface area contributed by atoms with Crippen molar-refractivity contribution >= 4 is 11.8 Å². The largest absolute Gasteiger partial charge is 0.496 e. The van der Waals surface area contributed by atoms with Gasteiger partial charge in [-0.15, -0.1) is 0 Å². The summed E-state index contributed by atoms with van der Waals surface area (Å²) in [4.78, 5) is 32.8. The van der Waals surface area contributed by atoms with Crippen LogP contribution in [-0.4, -0.2) is 92.0 Å². The molecule has 1 saturated carbocycles. The Bertz CT molecular complexity index is 738. The zero-order valence-electron chi connectivity index (χ0n) is 20.0. The summed E-state index contributed by atoms with van der Waals surface area (Å²) in [5.41, 5.74) is 0.602. The number of methoxy groups -OCH3 is 1. The van der Waals surface area contributed by atoms with Gasteiger partial charge in [-0.1, -0.05) is 38.8 Å². The average molecular weight is 445 g/mol. The molecule has 1 heterocycles. The number of carbonyl (C=O) groups is 2. The molecule has 178 valence electrons. The molecular formula is C25H40N4O3. The summed E-state index contributed by atoms with van der Waals surface area (Å²) in [6.07, 6.45) is 4.66. The van der Waals surface area contributed by atoms with E-state index in [1.54, 1.807) is 7.11 Å². The Morgan fingerprint density at radius 1 is 1.09 bits per heavy atom. The highest BCUT2D eigenvalue weighted by Gasteiger charge is 2.37. The number of hydrogen-bond donors (Lipinski definition) is 1. The standard InChI is InChI=1S/C25H40N4O3/c1-4-27(5-2)15-14-26-24(30)23(20-10-6-7-11-20)28-16-18-29(19-17-28)25(31)21-12-8-9-13-22(21)32-3/h8-9,12-13,20,23H,4-7,10-11,14-19H2,1-3H3,(H,26,30). The Kier molecular flexibility index (Phi) is 9.36. The van der Waals surface area contributed by atoms with E-state index in [1.165, 1.54) is 12.8 Å². The number of hydrogen-bond acceptors (Lipinski definition) is 5. The summed E-state index contributed by atoms with van der Waals surface area (Å²) in [5.74, 6) is 1.19. The molecule has 2 fully saturated rings. The minimum Gasteiger partial charge on any atom is -0.496 e. The van der Waals surface area contributed by atoms with Crippen LogP contribution in [0.2, 0.25) is 0 Å². The number of piperazine rings is 1. The van der Waals surface area contributed by atoms with Crippen LogP contribution < -0.4 is 10.1 Å². The van der Waals surface area contributed by atoms with Crippen molar-refractivity contribution in [1.82, 2.24) is 20.0 Å². The number of nitrogens with one attached hydrogen (secondary N) is 1. The summed E-state index contributed by atoms with van der Waals surface area (Å²) in [6.45, 7) is 10.6. The van der Waals surface area contributed by atoms with Gasteiger partial charge in [-0.2, -0.15) is 0 Å². The predicted octanol–water partition coefficient (Wildman–Crippen LogP) is 2.47. The first-order chi connectivity index (χ1) is 15.6. The van der Waals surface area contributed by atoms with Crippen LogP contribution in [0, 0.1) is 5.92 Å². The van der Waals surface area contributed by atoms with Gasteiger partial charge >= 0.3 is 0 Å². The Morgan fingerprint density at radius 3 is 2.38 bits per heavy atom. The van der Waals surface area contributed by atoms with Gasteiger partial charge in [-0.25, -0.2) is 0 Å². The first-order valence-electron chi connectivity index (χ1n) is 12.2. The van der Waals surface area contributed by atoms with E-state index >= 15 is 0 Å². The number of rotatable bonds is 10. The molecule has 7 nitrogen and oxygen atoms in total. The minimum atomic E-state index is -0.0854. The molecule has 7 heteroatoms. The van der Waals surface area contributed by atoms with Gasteiger partial charge in [0.15, 0.2) is 0 Å². The van der Waals surface area contributed by atoms with E-state index in [9.17, 15) is 9.59 Å². The van der Waals surface area contributed by atoms with Crippen molar-refractivity contribution in [3.63, 3.8) is 0 Å². The quantitative estimate of drug-likeness (QED) is 0.601. The van der Waals surface area contributed by atoms with Gasteiger partial charge in [0.2, 0.25) is 5.91 Å². The highest BCUT2D eigenvalue weighted by Crippen LogP contribution is 2.31. The maximum absolute atomic E-state index is 13.2. The van der Waals surface area contributed by atoms with Gasteiger partial charge in [0.1, 0.15) is 5.75 Å². The predicted molar refractivity (Wildman–Crippen MR) is 127 cm³/mol. The number of para-hydroxylation sites is 1. The van der Waals surface area contributed by atoms with Gasteiger partial charge in [0.05, 0.1) is 18.7 Å². The normalized spacial score (nSPS) is 18.7. The van der Waals surface area contributed by atoms with Gasteiger partial charge < -0.3 is 19.9 Å². The number of nitrogens with zero attached hydrogens (tertiary/aromatic N) is 3. The molecule has 3 rings (SSSR count). The second kappa shape index (κ2) is 12.2. The molecule has 0 spiro atoms. The number of carbonyl (C=O) groups excluding carboxylic acids is 2. The zero-order valence-corrected chi connectivity index (χ0v) is 20.0. The molecule has 1 aliphatic heterocycles. The van der Waals surface area contributed by atoms with Gasteiger partial charge in [-0.3, -0.25) is 14.5 Å². The number of likely N-dealkylation sites (N-methyl/N-ethyl adjacent to an activating group) is 1. The van der Waals surface area contributed by atoms with Crippen LogP contribution in [0.1, 0.15) is 49.9 Å². The molecule has 1 unspecified atom stereocenters. The highest BCUT2D eigenvalue weighted by atomic mass is 16.5. The van der Waals surface area contributed by atoms with Crippen molar-refractivity contribution in [2.75, 3.05) is 59.5 Å². The molecule has 0 aromatic heterocycles. The van der Waals surface area contributed by atoms with Crippen molar-refractivity contribution < 1.29 is 14.3 Å². The maximum Gasteiger partial charge on any atom is 0.257 e. The van der Waals surface area contributed by atoms with Crippen molar-refractivity contribution in [3.05, 3.63) is 29.8 Å². The monoisotopic (exact) mass is 444 g/mol. The van der Waals surface area contributed by atoms with Crippen LogP contribution in [0.5, 0.6) is 5.75 Å². The van der Waals surface area contributed by atoms with Crippen molar-refractivity contribution in [2.24, 2.45) is 5.92 Å². The molecule has 1 atom stereocenters. The molecule has 1 aromatic rings. The van der Waals surface area contributed by atoms with E-state index in [0.717, 1.165) is 45.6 Å². The lowest BCUT2D eigenvalue weighted by atomic mass is 9.95. The third kappa shape index (κ3) is 6.01. The van der Waals surface area contributed by atoms with E-state index in [0.29, 0.717) is 36.9 Å². The summed E-state index contributed by atoms with van der Waals surface area (Å²) < 4.78 is 5.37. The number of ether oxygens (including phenoxy) is 1. The summed E-state index contributed by atoms with van der Waals surface area (Å²) in [5, 5.41) is 3.21. The Hall–Kier alpha value is -2.12. The van der Waals surface area contributed by atoms with Crippen molar-refractivity contribution in [1.29, 1.82) is 0 Å². The average Bonchev–Trinajstić information content (AvgIpc) is 3.36. The molecule has 1 saturated heterocycles. The van der Waals surface area contributed by atoms with Crippen molar-refractivity contribution in [2.45, 2.75) is 45.6 Å². The third-order valence-corrected chi connectivity index (χ3v) is 7.07. The van der Waals surface area contributed by atoms with Crippen LogP contribution in [0.4, 0.5) is 0 Å². The summed E-state index contributed by atoms with van der Waals surface area (Å²) in [6, 6.07) is 7.29. The Labute approximate surface area is 193 Å². The zero-order chi connectivity index (χ0) is 22.9. The van der Waals surface area contributed by atoms with Gasteiger partial charge in [0, 0.05) is 39.3 Å². The fourth-order valence-electron chi connectivity index (χ4n) is 5.13. The van der Waals surface area contributed by atoms with Crippen LogP contribution in [0.25, 0.3) is 0 Å². The number of amides is 2. The first-order valence-corrected chi connectivity index (χ1v) is 12.2. The second-order valence-corrected chi connectivity index (χ2v) is 8.84. The molecule has 1 aliphatic carbocycles. The van der Waals surface area contributed by atoms with Crippen LogP contribution >= 0.6 is 0 Å². The fourth-order valence-corrected chi connectivity index (χ4v) is 5.13. The Balaban J connectivity index is 1.60. The summed E-state index contributed by atoms with van der Waals surface area (Å²) in [7, 11) is 1.59. The fraction of sp³-hybridized carbons (Fsp3) is 0.680. The Morgan fingerprint density at radius 2 is 1.75 bits per heavy atom. The lowest BCUT2D eigenvalue weighted by Crippen LogP contribution is -2.58. The van der Waals surface area contributed by atoms with Crippen LogP contribution in [0.3, 0.4) is 0 Å². The lowest BCUT2D eigenvalue weighted by Gasteiger charge is -2.41. The molecular weight excluding hydrogens is 404 g/mol. The van der Waals surface area contributed by atoms with Gasteiger partial charge in [0.25, 0.3) is 5.91 Å². The van der Waals surface area contributed by atoms with E-state index in [-0.39, 0.29) is 17.9 Å². The topological polar surface area (TPSA) is 65.1 Å². The highest BCUT2D eigenvalue weighted by molar-refractivity contribution is 5.97. The smallest absolute Gasteiger partial charge is 0.257 e. The van der Waals surface area contributed by atoms with Crippen LogP contribution in [-0.2, 0) is 4.79 Å². The summed E-state index contributed by atoms with van der Waals surface area (Å²) >= 11 is 0. The SMILES string of the molecule is CCN(CC)CCNC(=O)C(C1CCCC1)N1CCN(C(=O)c2ccccc2OC)CC1. The lowest BCUT2D eigenvalue weighted by molar-refractivity contribution is -0.129. The van der Waals surface area contributed by atoms with Crippen molar-refractivity contribution in [3.8, 4) is 5.75 Å². The van der Waals surface area contributed by atoms with E-state index in [1.807, 2.05) is 29.2 Å². The molecule has 2 amide bonds. The molecule has 0 radical (unpaired) electrons. The second-order valence-electron chi connectivity index (χ2n) is 8.84. The first kappa shape index (κ1) is 24.5. The van der Waals surface area contributed by atoms with Crippen LogP contribution in [0.15, 0.2) is 24.3 Å². The van der Waals surface area contributed by atoms with E-state index in [2.05, 4.69) is 29.0 Å². The number of benzene rings is 1. The minimum absolute atomic E-state index is 0.00295. The van der Waals surface area contributed by atoms with Gasteiger partial charge in [-0.05, 0) is 44.0 Å². The molecule has 1 N–H and O–H groups in total. The molecule has 1 aromatic carbocycles. The molecule has 32 heavy (non-hydrogen) atoms. The maximum atomic E-state index is 13.2. The third-order valence-electron chi connectivity index (χ3n) is 7.07.